The number of ether oxygens (including phenoxy) is 1. The summed E-state index contributed by atoms with van der Waals surface area (Å²) in [5.41, 5.74) is 1.97. The van der Waals surface area contributed by atoms with Crippen LogP contribution in [-0.4, -0.2) is 40.0 Å². The van der Waals surface area contributed by atoms with Crippen molar-refractivity contribution < 1.29 is 14.6 Å². The zero-order valence-corrected chi connectivity index (χ0v) is 22.6. The molecule has 0 saturated heterocycles. The summed E-state index contributed by atoms with van der Waals surface area (Å²) < 4.78 is 7.78. The highest BCUT2D eigenvalue weighted by atomic mass is 16.5. The fourth-order valence-corrected chi connectivity index (χ4v) is 9.86. The Morgan fingerprint density at radius 3 is 2.75 bits per heavy atom. The molecule has 0 radical (unpaired) electrons. The Morgan fingerprint density at radius 1 is 1.11 bits per heavy atom. The number of rotatable bonds is 5. The monoisotopic (exact) mass is 492 g/mol. The van der Waals surface area contributed by atoms with Crippen LogP contribution in [0, 0.1) is 47.3 Å². The van der Waals surface area contributed by atoms with E-state index in [1.165, 1.54) is 31.2 Å². The SMILES string of the molecule is COC[C@]12CC[C@@](C)(O)C[C@@H]1CC[C@H]1[C@@H]3CC[C@H](C(=O)Cn4cc5cc(C)ccc5n4)[C@@]3(C)CC[C@@H]12. The molecule has 0 spiro atoms. The van der Waals surface area contributed by atoms with Gasteiger partial charge in [0.05, 0.1) is 24.3 Å². The number of nitrogens with zero attached hydrogens (tertiary/aromatic N) is 2. The van der Waals surface area contributed by atoms with Gasteiger partial charge in [0.2, 0.25) is 0 Å². The van der Waals surface area contributed by atoms with Gasteiger partial charge < -0.3 is 9.84 Å². The average molecular weight is 493 g/mol. The second kappa shape index (κ2) is 8.66. The zero-order valence-electron chi connectivity index (χ0n) is 22.6. The second-order valence-electron chi connectivity index (χ2n) is 13.5. The van der Waals surface area contributed by atoms with Gasteiger partial charge in [-0.05, 0) is 118 Å². The van der Waals surface area contributed by atoms with E-state index in [1.807, 2.05) is 24.9 Å². The van der Waals surface area contributed by atoms with Crippen molar-refractivity contribution >= 4 is 16.7 Å². The topological polar surface area (TPSA) is 64.3 Å². The van der Waals surface area contributed by atoms with Gasteiger partial charge in [0, 0.05) is 24.6 Å². The lowest BCUT2D eigenvalue weighted by Crippen LogP contribution is -2.58. The van der Waals surface area contributed by atoms with Gasteiger partial charge in [-0.1, -0.05) is 18.6 Å². The summed E-state index contributed by atoms with van der Waals surface area (Å²) in [6.07, 6.45) is 11.9. The van der Waals surface area contributed by atoms with Crippen LogP contribution in [0.2, 0.25) is 0 Å². The first-order valence-corrected chi connectivity index (χ1v) is 14.3. The summed E-state index contributed by atoms with van der Waals surface area (Å²) in [6, 6.07) is 6.28. The Bertz CT molecular complexity index is 1150. The zero-order chi connectivity index (χ0) is 25.3. The smallest absolute Gasteiger partial charge is 0.157 e. The van der Waals surface area contributed by atoms with E-state index in [2.05, 4.69) is 32.0 Å². The molecule has 1 N–H and O–H groups in total. The third-order valence-electron chi connectivity index (χ3n) is 11.5. The molecule has 1 heterocycles. The van der Waals surface area contributed by atoms with Crippen LogP contribution in [0.15, 0.2) is 24.4 Å². The molecule has 0 bridgehead atoms. The third kappa shape index (κ3) is 3.79. The Hall–Kier alpha value is -1.72. The van der Waals surface area contributed by atoms with Crippen LogP contribution in [0.1, 0.15) is 77.2 Å². The van der Waals surface area contributed by atoms with Crippen LogP contribution < -0.4 is 0 Å². The van der Waals surface area contributed by atoms with Gasteiger partial charge in [0.15, 0.2) is 5.78 Å². The van der Waals surface area contributed by atoms with Crippen LogP contribution in [0.4, 0.5) is 0 Å². The molecule has 0 unspecified atom stereocenters. The number of carbonyl (C=O) groups excluding carboxylic acids is 1. The van der Waals surface area contributed by atoms with Crippen molar-refractivity contribution in [2.24, 2.45) is 40.4 Å². The summed E-state index contributed by atoms with van der Waals surface area (Å²) in [5, 5.41) is 16.7. The highest BCUT2D eigenvalue weighted by molar-refractivity contribution is 5.83. The summed E-state index contributed by atoms with van der Waals surface area (Å²) in [6.45, 7) is 7.78. The predicted octanol–water partition coefficient (Wildman–Crippen LogP) is 5.95. The number of fused-ring (bicyclic) bond motifs is 6. The number of carbonyl (C=O) groups is 1. The highest BCUT2D eigenvalue weighted by Crippen LogP contribution is 2.68. The van der Waals surface area contributed by atoms with E-state index in [-0.39, 0.29) is 16.7 Å². The third-order valence-corrected chi connectivity index (χ3v) is 11.5. The van der Waals surface area contributed by atoms with Gasteiger partial charge in [-0.15, -0.1) is 0 Å². The lowest BCUT2D eigenvalue weighted by atomic mass is 9.43. The molecule has 5 nitrogen and oxygen atoms in total. The maximum Gasteiger partial charge on any atom is 0.157 e. The van der Waals surface area contributed by atoms with E-state index in [4.69, 9.17) is 9.84 Å². The number of Topliss-reactive ketones (excluding diaryl/α,β-unsaturated/α-hetero) is 1. The number of aliphatic hydroxyl groups is 1. The Kier molecular flexibility index (Phi) is 5.92. The molecule has 1 aromatic carbocycles. The normalized spacial score (nSPS) is 42.1. The van der Waals surface area contributed by atoms with Gasteiger partial charge >= 0.3 is 0 Å². The molecule has 0 aliphatic heterocycles. The Balaban J connectivity index is 1.22. The van der Waals surface area contributed by atoms with Crippen LogP contribution in [-0.2, 0) is 16.1 Å². The van der Waals surface area contributed by atoms with Crippen molar-refractivity contribution in [2.75, 3.05) is 13.7 Å². The minimum Gasteiger partial charge on any atom is -0.390 e. The number of aryl methyl sites for hydroxylation is 1. The lowest BCUT2D eigenvalue weighted by Gasteiger charge is -2.62. The van der Waals surface area contributed by atoms with E-state index >= 15 is 0 Å². The molecule has 4 saturated carbocycles. The number of hydrogen-bond acceptors (Lipinski definition) is 4. The highest BCUT2D eigenvalue weighted by Gasteiger charge is 2.63. The standard InChI is InChI=1S/C31H44N2O3/c1-20-5-10-27-21(15-20)17-33(32-27)18-28(34)26-9-8-24-23-7-6-22-16-29(2,35)13-14-31(22,19-36-4)25(23)11-12-30(24,26)3/h5,10,15,17,22-26,35H,6-9,11-14,16,18-19H2,1-4H3/t22-,23-,24-,25-,26+,29+,30-,31+/m0/s1. The molecule has 8 atom stereocenters. The van der Waals surface area contributed by atoms with Crippen LogP contribution >= 0.6 is 0 Å². The minimum absolute atomic E-state index is 0.0999. The molecule has 4 aliphatic carbocycles. The van der Waals surface area contributed by atoms with Gasteiger partial charge in [-0.2, -0.15) is 5.10 Å². The van der Waals surface area contributed by atoms with E-state index < -0.39 is 5.60 Å². The van der Waals surface area contributed by atoms with Crippen LogP contribution in [0.5, 0.6) is 0 Å². The van der Waals surface area contributed by atoms with E-state index in [0.717, 1.165) is 49.6 Å². The molecule has 6 rings (SSSR count). The van der Waals surface area contributed by atoms with Crippen LogP contribution in [0.3, 0.4) is 0 Å². The largest absolute Gasteiger partial charge is 0.390 e. The van der Waals surface area contributed by atoms with Crippen molar-refractivity contribution in [3.63, 3.8) is 0 Å². The summed E-state index contributed by atoms with van der Waals surface area (Å²) in [5.74, 6) is 3.05. The van der Waals surface area contributed by atoms with E-state index in [1.54, 1.807) is 0 Å². The predicted molar refractivity (Wildman–Crippen MR) is 142 cm³/mol. The number of ketones is 1. The maximum atomic E-state index is 13.7. The molecular formula is C31H44N2O3. The van der Waals surface area contributed by atoms with Crippen LogP contribution in [0.25, 0.3) is 10.9 Å². The van der Waals surface area contributed by atoms with Crippen molar-refractivity contribution in [1.82, 2.24) is 9.78 Å². The first-order chi connectivity index (χ1) is 17.1. The van der Waals surface area contributed by atoms with Gasteiger partial charge in [-0.25, -0.2) is 0 Å². The molecule has 5 heteroatoms. The summed E-state index contributed by atoms with van der Waals surface area (Å²) in [4.78, 5) is 13.7. The molecule has 2 aromatic rings. The van der Waals surface area contributed by atoms with Gasteiger partial charge in [0.25, 0.3) is 0 Å². The fraction of sp³-hybridized carbons (Fsp3) is 0.742. The number of hydrogen-bond donors (Lipinski definition) is 1. The maximum absolute atomic E-state index is 13.7. The average Bonchev–Trinajstić information content (AvgIpc) is 3.38. The summed E-state index contributed by atoms with van der Waals surface area (Å²) >= 11 is 0. The van der Waals surface area contributed by atoms with Crippen molar-refractivity contribution in [2.45, 2.75) is 90.7 Å². The number of aromatic nitrogens is 2. The van der Waals surface area contributed by atoms with Crippen molar-refractivity contribution in [3.05, 3.63) is 30.0 Å². The fourth-order valence-electron chi connectivity index (χ4n) is 9.86. The van der Waals surface area contributed by atoms with Gasteiger partial charge in [0.1, 0.15) is 0 Å². The molecule has 4 aliphatic rings. The summed E-state index contributed by atoms with van der Waals surface area (Å²) in [7, 11) is 1.86. The minimum atomic E-state index is -0.529. The quantitative estimate of drug-likeness (QED) is 0.560. The van der Waals surface area contributed by atoms with E-state index in [0.29, 0.717) is 36.0 Å². The molecule has 0 amide bonds. The molecular weight excluding hydrogens is 448 g/mol. The van der Waals surface area contributed by atoms with Crippen molar-refractivity contribution in [1.29, 1.82) is 0 Å². The number of methoxy groups -OCH3 is 1. The molecule has 196 valence electrons. The number of benzene rings is 1. The Morgan fingerprint density at radius 2 is 1.94 bits per heavy atom. The molecule has 4 fully saturated rings. The molecule has 36 heavy (non-hydrogen) atoms. The second-order valence-corrected chi connectivity index (χ2v) is 13.5. The Labute approximate surface area is 216 Å². The van der Waals surface area contributed by atoms with Gasteiger partial charge in [-0.3, -0.25) is 9.48 Å². The molecule has 1 aromatic heterocycles. The first-order valence-electron chi connectivity index (χ1n) is 14.3. The lowest BCUT2D eigenvalue weighted by molar-refractivity contribution is -0.175. The first kappa shape index (κ1) is 24.6. The van der Waals surface area contributed by atoms with Crippen molar-refractivity contribution in [3.8, 4) is 0 Å². The van der Waals surface area contributed by atoms with E-state index in [9.17, 15) is 9.90 Å².